The quantitative estimate of drug-likeness (QED) is 0.545. The van der Waals surface area contributed by atoms with Gasteiger partial charge in [-0.05, 0) is 61.6 Å². The van der Waals surface area contributed by atoms with Crippen LogP contribution in [0.1, 0.15) is 50.7 Å². The average Bonchev–Trinajstić information content (AvgIpc) is 2.93. The first-order valence-electron chi connectivity index (χ1n) is 12.2. The number of nitrogens with zero attached hydrogens (tertiary/aromatic N) is 1. The fraction of sp³-hybridized carbons (Fsp3) is 0.444. The summed E-state index contributed by atoms with van der Waals surface area (Å²) in [4.78, 5) is 40.3. The van der Waals surface area contributed by atoms with Crippen LogP contribution in [-0.4, -0.2) is 42.8 Å². The minimum Gasteiger partial charge on any atom is -0.362 e. The van der Waals surface area contributed by atoms with Crippen LogP contribution in [0.3, 0.4) is 0 Å². The third-order valence-corrected chi connectivity index (χ3v) is 6.44. The van der Waals surface area contributed by atoms with Crippen molar-refractivity contribution < 1.29 is 27.6 Å². The number of anilines is 1. The Morgan fingerprint density at radius 3 is 2.42 bits per heavy atom. The second-order valence-electron chi connectivity index (χ2n) is 9.30. The summed E-state index contributed by atoms with van der Waals surface area (Å²) in [6, 6.07) is 5.10. The van der Waals surface area contributed by atoms with Gasteiger partial charge >= 0.3 is 0 Å². The molecule has 0 saturated heterocycles. The second kappa shape index (κ2) is 12.1. The van der Waals surface area contributed by atoms with Crippen LogP contribution < -0.4 is 15.5 Å². The molecule has 3 rings (SSSR count). The first-order chi connectivity index (χ1) is 17.1. The van der Waals surface area contributed by atoms with Gasteiger partial charge in [-0.2, -0.15) is 0 Å². The topological polar surface area (TPSA) is 78.5 Å². The number of likely N-dealkylation sites (N-methyl/N-ethyl adjacent to an activating group) is 1. The Morgan fingerprint density at radius 1 is 1.06 bits per heavy atom. The van der Waals surface area contributed by atoms with E-state index in [0.717, 1.165) is 24.1 Å². The molecule has 0 aliphatic carbocycles. The van der Waals surface area contributed by atoms with Crippen molar-refractivity contribution in [2.24, 2.45) is 0 Å². The number of carbonyl (C=O) groups excluding carboxylic acids is 3. The molecule has 36 heavy (non-hydrogen) atoms. The van der Waals surface area contributed by atoms with Crippen LogP contribution in [0.25, 0.3) is 0 Å². The van der Waals surface area contributed by atoms with Crippen molar-refractivity contribution in [2.45, 2.75) is 70.5 Å². The van der Waals surface area contributed by atoms with Gasteiger partial charge in [0.25, 0.3) is 0 Å². The highest BCUT2D eigenvalue weighted by molar-refractivity contribution is 5.91. The van der Waals surface area contributed by atoms with Crippen LogP contribution >= 0.6 is 0 Å². The van der Waals surface area contributed by atoms with Crippen molar-refractivity contribution in [1.82, 2.24) is 10.6 Å². The zero-order valence-electron chi connectivity index (χ0n) is 20.7. The minimum atomic E-state index is -0.948. The van der Waals surface area contributed by atoms with Crippen LogP contribution in [0.15, 0.2) is 36.4 Å². The lowest BCUT2D eigenvalue weighted by molar-refractivity contribution is -0.129. The van der Waals surface area contributed by atoms with Gasteiger partial charge in [-0.3, -0.25) is 14.4 Å². The number of halogens is 3. The van der Waals surface area contributed by atoms with Gasteiger partial charge in [0.15, 0.2) is 5.78 Å². The molecule has 9 heteroatoms. The van der Waals surface area contributed by atoms with Gasteiger partial charge in [0, 0.05) is 25.2 Å². The molecular weight excluding hydrogens is 471 g/mol. The van der Waals surface area contributed by atoms with Crippen molar-refractivity contribution in [2.75, 3.05) is 11.9 Å². The number of aryl methyl sites for hydroxylation is 1. The second-order valence-corrected chi connectivity index (χ2v) is 9.30. The van der Waals surface area contributed by atoms with Gasteiger partial charge in [-0.25, -0.2) is 13.2 Å². The van der Waals surface area contributed by atoms with Crippen LogP contribution in [0, 0.1) is 17.5 Å². The highest BCUT2D eigenvalue weighted by atomic mass is 19.1. The Labute approximate surface area is 209 Å². The van der Waals surface area contributed by atoms with Crippen LogP contribution in [0.2, 0.25) is 0 Å². The van der Waals surface area contributed by atoms with E-state index in [-0.39, 0.29) is 17.8 Å². The molecule has 2 aromatic rings. The summed E-state index contributed by atoms with van der Waals surface area (Å²) in [5.41, 5.74) is 1.65. The molecule has 2 N–H and O–H groups in total. The number of hydrogen-bond donors (Lipinski definition) is 2. The maximum absolute atomic E-state index is 14.0. The average molecular weight is 504 g/mol. The first kappa shape index (κ1) is 27.2. The van der Waals surface area contributed by atoms with E-state index in [1.165, 1.54) is 19.1 Å². The molecule has 0 fully saturated rings. The fourth-order valence-corrected chi connectivity index (χ4v) is 4.62. The van der Waals surface area contributed by atoms with Gasteiger partial charge in [0.2, 0.25) is 11.8 Å². The molecule has 0 aromatic heterocycles. The Morgan fingerprint density at radius 2 is 1.75 bits per heavy atom. The third-order valence-electron chi connectivity index (χ3n) is 6.44. The Kier molecular flexibility index (Phi) is 9.12. The SMILES string of the molecule is CCCCC(=O)C1[C@@H](NC(=O)[C@H](C)NC(=O)Cc2cc(F)cc(F)c2)CCc2ccc(F)cc2N1C. The molecule has 3 atom stereocenters. The zero-order chi connectivity index (χ0) is 26.4. The van der Waals surface area contributed by atoms with Crippen molar-refractivity contribution in [3.8, 4) is 0 Å². The van der Waals surface area contributed by atoms with Crippen molar-refractivity contribution in [3.63, 3.8) is 0 Å². The molecule has 2 amide bonds. The number of unbranched alkanes of at least 4 members (excludes halogenated alkanes) is 1. The molecule has 1 aliphatic rings. The molecule has 1 aliphatic heterocycles. The maximum Gasteiger partial charge on any atom is 0.242 e. The Hall–Kier alpha value is -3.36. The van der Waals surface area contributed by atoms with E-state index >= 15 is 0 Å². The number of carbonyl (C=O) groups is 3. The number of Topliss-reactive ketones (excluding diaryl/α,β-unsaturated/α-hetero) is 1. The highest BCUT2D eigenvalue weighted by Crippen LogP contribution is 2.30. The lowest BCUT2D eigenvalue weighted by Crippen LogP contribution is -2.57. The molecule has 0 bridgehead atoms. The van der Waals surface area contributed by atoms with E-state index in [1.807, 2.05) is 6.92 Å². The summed E-state index contributed by atoms with van der Waals surface area (Å²) in [7, 11) is 1.72. The van der Waals surface area contributed by atoms with Crippen molar-refractivity contribution >= 4 is 23.3 Å². The van der Waals surface area contributed by atoms with E-state index in [0.29, 0.717) is 37.4 Å². The molecular formula is C27H32F3N3O3. The molecule has 6 nitrogen and oxygen atoms in total. The highest BCUT2D eigenvalue weighted by Gasteiger charge is 2.36. The van der Waals surface area contributed by atoms with E-state index < -0.39 is 47.4 Å². The molecule has 1 unspecified atom stereocenters. The summed E-state index contributed by atoms with van der Waals surface area (Å²) in [6.07, 6.45) is 2.57. The number of nitrogens with one attached hydrogen (secondary N) is 2. The normalized spacial score (nSPS) is 18.1. The molecule has 0 radical (unpaired) electrons. The summed E-state index contributed by atoms with van der Waals surface area (Å²) < 4.78 is 40.8. The van der Waals surface area contributed by atoms with Gasteiger partial charge in [0.1, 0.15) is 29.5 Å². The molecule has 1 heterocycles. The van der Waals surface area contributed by atoms with E-state index in [9.17, 15) is 27.6 Å². The third kappa shape index (κ3) is 6.86. The molecule has 2 aromatic carbocycles. The van der Waals surface area contributed by atoms with Crippen molar-refractivity contribution in [3.05, 3.63) is 65.0 Å². The summed E-state index contributed by atoms with van der Waals surface area (Å²) in [5, 5.41) is 5.45. The van der Waals surface area contributed by atoms with Crippen LogP contribution in [-0.2, 0) is 27.2 Å². The zero-order valence-corrected chi connectivity index (χ0v) is 20.7. The lowest BCUT2D eigenvalue weighted by Gasteiger charge is -2.34. The summed E-state index contributed by atoms with van der Waals surface area (Å²) >= 11 is 0. The van der Waals surface area contributed by atoms with Gasteiger partial charge in [-0.1, -0.05) is 19.4 Å². The van der Waals surface area contributed by atoms with Crippen LogP contribution in [0.4, 0.5) is 18.9 Å². The van der Waals surface area contributed by atoms with Crippen LogP contribution in [0.5, 0.6) is 0 Å². The summed E-state index contributed by atoms with van der Waals surface area (Å²) in [5.74, 6) is -3.10. The van der Waals surface area contributed by atoms with E-state index in [1.54, 1.807) is 18.0 Å². The Bertz CT molecular complexity index is 1100. The number of rotatable bonds is 9. The standard InChI is InChI=1S/C27H32F3N3O3/c1-4-5-6-24(34)26-22(10-8-18-7-9-19(28)15-23(18)33(26)3)32-27(36)16(2)31-25(35)13-17-11-20(29)14-21(30)12-17/h7,9,11-12,14-16,22,26H,4-6,8,10,13H2,1-3H3,(H,31,35)(H,32,36)/t16-,22-,26?/m0/s1. The van der Waals surface area contributed by atoms with Gasteiger partial charge in [0.05, 0.1) is 12.5 Å². The predicted molar refractivity (Wildman–Crippen MR) is 131 cm³/mol. The van der Waals surface area contributed by atoms with E-state index in [2.05, 4.69) is 10.6 Å². The summed E-state index contributed by atoms with van der Waals surface area (Å²) in [6.45, 7) is 3.48. The number of benzene rings is 2. The van der Waals surface area contributed by atoms with Crippen molar-refractivity contribution in [1.29, 1.82) is 0 Å². The number of fused-ring (bicyclic) bond motifs is 1. The first-order valence-corrected chi connectivity index (χ1v) is 12.2. The largest absolute Gasteiger partial charge is 0.362 e. The minimum absolute atomic E-state index is 0.0495. The van der Waals surface area contributed by atoms with E-state index in [4.69, 9.17) is 0 Å². The van der Waals surface area contributed by atoms with Gasteiger partial charge < -0.3 is 15.5 Å². The Balaban J connectivity index is 1.72. The lowest BCUT2D eigenvalue weighted by atomic mass is 9.95. The maximum atomic E-state index is 14.0. The number of amides is 2. The monoisotopic (exact) mass is 503 g/mol. The van der Waals surface area contributed by atoms with Gasteiger partial charge in [-0.15, -0.1) is 0 Å². The molecule has 0 spiro atoms. The molecule has 194 valence electrons. The predicted octanol–water partition coefficient (Wildman–Crippen LogP) is 3.85. The smallest absolute Gasteiger partial charge is 0.242 e. The molecule has 0 saturated carbocycles. The number of hydrogen-bond acceptors (Lipinski definition) is 4. The fourth-order valence-electron chi connectivity index (χ4n) is 4.62. The number of ketones is 1.